The first-order valence-electron chi connectivity index (χ1n) is 3.17. The average molecular weight is 154 g/mol. The molecule has 0 aromatic rings. The summed E-state index contributed by atoms with van der Waals surface area (Å²) < 4.78 is 12.3. The molecular formula is C6H13ClFN. The third-order valence-electron chi connectivity index (χ3n) is 1.81. The first kappa shape index (κ1) is 9.18. The van der Waals surface area contributed by atoms with Crippen molar-refractivity contribution in [2.75, 3.05) is 6.54 Å². The number of hydrogen-bond acceptors (Lipinski definition) is 1. The standard InChI is InChI=1S/C6H12FN.ClH/c7-6-2-1-5(3-6)4-8;/h5-6H,1-4,8H2;1H/t5-,6-;/m1./s1. The smallest absolute Gasteiger partial charge is 0.100 e. The molecule has 1 aliphatic carbocycles. The lowest BCUT2D eigenvalue weighted by atomic mass is 10.1. The summed E-state index contributed by atoms with van der Waals surface area (Å²) in [4.78, 5) is 0. The van der Waals surface area contributed by atoms with Crippen LogP contribution < -0.4 is 5.73 Å². The molecule has 0 aliphatic heterocycles. The maximum absolute atomic E-state index is 12.3. The Labute approximate surface area is 61.2 Å². The van der Waals surface area contributed by atoms with Gasteiger partial charge in [-0.2, -0.15) is 0 Å². The van der Waals surface area contributed by atoms with Crippen LogP contribution in [0.15, 0.2) is 0 Å². The Morgan fingerprint density at radius 1 is 1.44 bits per heavy atom. The molecule has 0 spiro atoms. The fourth-order valence-electron chi connectivity index (χ4n) is 1.23. The first-order chi connectivity index (χ1) is 3.83. The molecule has 1 rings (SSSR count). The zero-order valence-electron chi connectivity index (χ0n) is 5.35. The summed E-state index contributed by atoms with van der Waals surface area (Å²) in [6.07, 6.45) is 1.89. The van der Waals surface area contributed by atoms with Crippen LogP contribution in [-0.4, -0.2) is 12.7 Å². The maximum atomic E-state index is 12.3. The summed E-state index contributed by atoms with van der Waals surface area (Å²) in [6, 6.07) is 0. The predicted molar refractivity (Wildman–Crippen MR) is 38.5 cm³/mol. The highest BCUT2D eigenvalue weighted by molar-refractivity contribution is 5.85. The van der Waals surface area contributed by atoms with Crippen molar-refractivity contribution in [1.29, 1.82) is 0 Å². The maximum Gasteiger partial charge on any atom is 0.100 e. The molecule has 0 aromatic carbocycles. The van der Waals surface area contributed by atoms with Crippen LogP contribution in [0.5, 0.6) is 0 Å². The highest BCUT2D eigenvalue weighted by Crippen LogP contribution is 2.26. The van der Waals surface area contributed by atoms with E-state index in [1.807, 2.05) is 0 Å². The van der Waals surface area contributed by atoms with Crippen molar-refractivity contribution in [1.82, 2.24) is 0 Å². The van der Waals surface area contributed by atoms with E-state index >= 15 is 0 Å². The Morgan fingerprint density at radius 3 is 2.33 bits per heavy atom. The first-order valence-corrected chi connectivity index (χ1v) is 3.17. The SMILES string of the molecule is Cl.NC[C@@H]1CC[C@@H](F)C1. The fourth-order valence-corrected chi connectivity index (χ4v) is 1.23. The molecule has 56 valence electrons. The van der Waals surface area contributed by atoms with E-state index in [1.54, 1.807) is 0 Å². The highest BCUT2D eigenvalue weighted by Gasteiger charge is 2.22. The van der Waals surface area contributed by atoms with Crippen LogP contribution in [0.25, 0.3) is 0 Å². The average Bonchev–Trinajstić information content (AvgIpc) is 2.14. The normalized spacial score (nSPS) is 34.0. The van der Waals surface area contributed by atoms with Crippen molar-refractivity contribution >= 4 is 12.4 Å². The minimum Gasteiger partial charge on any atom is -0.330 e. The lowest BCUT2D eigenvalue weighted by Gasteiger charge is -2.00. The molecule has 0 bridgehead atoms. The van der Waals surface area contributed by atoms with Crippen molar-refractivity contribution in [3.8, 4) is 0 Å². The Bertz CT molecular complexity index is 79.5. The molecule has 1 saturated carbocycles. The van der Waals surface area contributed by atoms with Gasteiger partial charge in [0.1, 0.15) is 6.17 Å². The summed E-state index contributed by atoms with van der Waals surface area (Å²) >= 11 is 0. The lowest BCUT2D eigenvalue weighted by Crippen LogP contribution is -2.10. The third kappa shape index (κ3) is 2.50. The summed E-state index contributed by atoms with van der Waals surface area (Å²) in [5.74, 6) is 0.477. The van der Waals surface area contributed by atoms with Gasteiger partial charge < -0.3 is 5.73 Å². The second kappa shape index (κ2) is 4.07. The van der Waals surface area contributed by atoms with Crippen molar-refractivity contribution in [3.05, 3.63) is 0 Å². The van der Waals surface area contributed by atoms with E-state index in [1.165, 1.54) is 0 Å². The van der Waals surface area contributed by atoms with Crippen LogP contribution in [0.3, 0.4) is 0 Å². The minimum absolute atomic E-state index is 0. The number of nitrogens with two attached hydrogens (primary N) is 1. The lowest BCUT2D eigenvalue weighted by molar-refractivity contribution is 0.332. The van der Waals surface area contributed by atoms with E-state index in [0.717, 1.165) is 12.8 Å². The Balaban J connectivity index is 0.000000640. The van der Waals surface area contributed by atoms with E-state index in [-0.39, 0.29) is 12.4 Å². The fraction of sp³-hybridized carbons (Fsp3) is 1.00. The van der Waals surface area contributed by atoms with Gasteiger partial charge in [0.2, 0.25) is 0 Å². The van der Waals surface area contributed by atoms with Crippen molar-refractivity contribution < 1.29 is 4.39 Å². The van der Waals surface area contributed by atoms with Gasteiger partial charge in [0.15, 0.2) is 0 Å². The van der Waals surface area contributed by atoms with E-state index in [9.17, 15) is 4.39 Å². The Hall–Kier alpha value is 0.180. The molecule has 1 aliphatic rings. The molecule has 0 saturated heterocycles. The molecule has 1 nitrogen and oxygen atoms in total. The van der Waals surface area contributed by atoms with Gasteiger partial charge in [-0.25, -0.2) is 4.39 Å². The van der Waals surface area contributed by atoms with Crippen LogP contribution in [0.4, 0.5) is 4.39 Å². The van der Waals surface area contributed by atoms with Crippen molar-refractivity contribution in [2.45, 2.75) is 25.4 Å². The van der Waals surface area contributed by atoms with Gasteiger partial charge in [-0.15, -0.1) is 12.4 Å². The number of rotatable bonds is 1. The molecule has 2 N–H and O–H groups in total. The zero-order valence-corrected chi connectivity index (χ0v) is 6.16. The summed E-state index contributed by atoms with van der Waals surface area (Å²) in [7, 11) is 0. The topological polar surface area (TPSA) is 26.0 Å². The molecule has 1 fully saturated rings. The molecular weight excluding hydrogens is 141 g/mol. The quantitative estimate of drug-likeness (QED) is 0.607. The van der Waals surface area contributed by atoms with E-state index < -0.39 is 6.17 Å². The molecule has 0 heterocycles. The van der Waals surface area contributed by atoms with Crippen LogP contribution in [0.1, 0.15) is 19.3 Å². The predicted octanol–water partition coefficient (Wildman–Crippen LogP) is 1.51. The largest absolute Gasteiger partial charge is 0.330 e. The Kier molecular flexibility index (Phi) is 4.15. The number of alkyl halides is 1. The molecule has 0 unspecified atom stereocenters. The van der Waals surface area contributed by atoms with Gasteiger partial charge in [-0.05, 0) is 31.7 Å². The molecule has 0 radical (unpaired) electrons. The number of hydrogen-bond donors (Lipinski definition) is 1. The van der Waals surface area contributed by atoms with E-state index in [2.05, 4.69) is 0 Å². The van der Waals surface area contributed by atoms with E-state index in [0.29, 0.717) is 18.9 Å². The second-order valence-corrected chi connectivity index (χ2v) is 2.51. The zero-order chi connectivity index (χ0) is 5.98. The van der Waals surface area contributed by atoms with Gasteiger partial charge in [0.25, 0.3) is 0 Å². The van der Waals surface area contributed by atoms with Crippen LogP contribution in [0.2, 0.25) is 0 Å². The van der Waals surface area contributed by atoms with Gasteiger partial charge in [0.05, 0.1) is 0 Å². The summed E-state index contributed by atoms with van der Waals surface area (Å²) in [5, 5.41) is 0. The minimum atomic E-state index is -0.552. The van der Waals surface area contributed by atoms with Gasteiger partial charge in [0, 0.05) is 0 Å². The van der Waals surface area contributed by atoms with Gasteiger partial charge >= 0.3 is 0 Å². The van der Waals surface area contributed by atoms with E-state index in [4.69, 9.17) is 5.73 Å². The third-order valence-corrected chi connectivity index (χ3v) is 1.81. The van der Waals surface area contributed by atoms with Gasteiger partial charge in [-0.1, -0.05) is 0 Å². The Morgan fingerprint density at radius 2 is 2.11 bits per heavy atom. The van der Waals surface area contributed by atoms with Crippen molar-refractivity contribution in [2.24, 2.45) is 11.7 Å². The molecule has 3 heteroatoms. The van der Waals surface area contributed by atoms with Crippen LogP contribution in [-0.2, 0) is 0 Å². The second-order valence-electron chi connectivity index (χ2n) is 2.51. The summed E-state index contributed by atoms with van der Waals surface area (Å²) in [5.41, 5.74) is 5.33. The molecule has 0 amide bonds. The van der Waals surface area contributed by atoms with Gasteiger partial charge in [-0.3, -0.25) is 0 Å². The monoisotopic (exact) mass is 153 g/mol. The van der Waals surface area contributed by atoms with Crippen molar-refractivity contribution in [3.63, 3.8) is 0 Å². The van der Waals surface area contributed by atoms with Crippen LogP contribution in [0, 0.1) is 5.92 Å². The highest BCUT2D eigenvalue weighted by atomic mass is 35.5. The number of halogens is 2. The molecule has 2 atom stereocenters. The molecule has 9 heavy (non-hydrogen) atoms. The van der Waals surface area contributed by atoms with Crippen LogP contribution >= 0.6 is 12.4 Å². The molecule has 0 aromatic heterocycles. The summed E-state index contributed by atoms with van der Waals surface area (Å²) in [6.45, 7) is 0.667.